The summed E-state index contributed by atoms with van der Waals surface area (Å²) in [6.45, 7) is 3.67. The molecule has 0 saturated heterocycles. The van der Waals surface area contributed by atoms with E-state index >= 15 is 0 Å². The molecule has 0 unspecified atom stereocenters. The molecule has 0 N–H and O–H groups in total. The van der Waals surface area contributed by atoms with Crippen LogP contribution in [0.1, 0.15) is 19.4 Å². The molecule has 0 spiro atoms. The summed E-state index contributed by atoms with van der Waals surface area (Å²) in [5, 5.41) is 11.4. The minimum absolute atomic E-state index is 0.390. The Bertz CT molecular complexity index is 608. The summed E-state index contributed by atoms with van der Waals surface area (Å²) in [6, 6.07) is 5.18. The predicted molar refractivity (Wildman–Crippen MR) is 71.9 cm³/mol. The van der Waals surface area contributed by atoms with Crippen molar-refractivity contribution < 1.29 is 14.3 Å². The van der Waals surface area contributed by atoms with Crippen LogP contribution in [0.15, 0.2) is 36.0 Å². The zero-order chi connectivity index (χ0) is 14.4. The normalized spacial score (nSPS) is 10.7. The summed E-state index contributed by atoms with van der Waals surface area (Å²) >= 11 is 0. The fraction of sp³-hybridized carbons (Fsp3) is 0.231. The smallest absolute Gasteiger partial charge is 0.308 e. The lowest BCUT2D eigenvalue weighted by Crippen LogP contribution is -2.04. The quantitative estimate of drug-likeness (QED) is 0.469. The zero-order valence-corrected chi connectivity index (χ0v) is 11.2. The fourth-order valence-electron chi connectivity index (χ4n) is 1.50. The van der Waals surface area contributed by atoms with E-state index < -0.39 is 5.97 Å². The average Bonchev–Trinajstić information content (AvgIpc) is 2.92. The highest BCUT2D eigenvalue weighted by Crippen LogP contribution is 2.28. The van der Waals surface area contributed by atoms with Crippen LogP contribution in [0, 0.1) is 0 Å². The number of aromatic nitrogens is 3. The Labute approximate surface area is 115 Å². The van der Waals surface area contributed by atoms with E-state index in [1.807, 2.05) is 6.92 Å². The maximum atomic E-state index is 11.0. The summed E-state index contributed by atoms with van der Waals surface area (Å²) < 4.78 is 12.0. The second-order valence-electron chi connectivity index (χ2n) is 3.82. The van der Waals surface area contributed by atoms with Crippen LogP contribution in [0.2, 0.25) is 0 Å². The van der Waals surface area contributed by atoms with Gasteiger partial charge in [-0.25, -0.2) is 4.68 Å². The van der Waals surface area contributed by atoms with E-state index in [-0.39, 0.29) is 0 Å². The first-order chi connectivity index (χ1) is 9.69. The number of hydrogen-bond acceptors (Lipinski definition) is 6. The Hall–Kier alpha value is -2.70. The number of rotatable bonds is 5. The third kappa shape index (κ3) is 3.64. The van der Waals surface area contributed by atoms with Crippen LogP contribution in [0.3, 0.4) is 0 Å². The van der Waals surface area contributed by atoms with Crippen LogP contribution >= 0.6 is 0 Å². The number of carbonyl (C=O) groups is 1. The molecule has 20 heavy (non-hydrogen) atoms. The lowest BCUT2D eigenvalue weighted by Gasteiger charge is -2.09. The molecule has 7 nitrogen and oxygen atoms in total. The first kappa shape index (κ1) is 13.7. The highest BCUT2D eigenvalue weighted by Gasteiger charge is 2.08. The van der Waals surface area contributed by atoms with Crippen LogP contribution in [-0.2, 0) is 4.79 Å². The van der Waals surface area contributed by atoms with Gasteiger partial charge in [-0.2, -0.15) is 5.10 Å². The average molecular weight is 274 g/mol. The van der Waals surface area contributed by atoms with Gasteiger partial charge in [-0.3, -0.25) is 4.79 Å². The summed E-state index contributed by atoms with van der Waals surface area (Å²) in [6.07, 6.45) is 4.59. The minimum atomic E-state index is -0.392. The van der Waals surface area contributed by atoms with Gasteiger partial charge in [0.25, 0.3) is 0 Å². The second-order valence-corrected chi connectivity index (χ2v) is 3.82. The molecule has 1 heterocycles. The van der Waals surface area contributed by atoms with Gasteiger partial charge >= 0.3 is 5.97 Å². The molecular weight excluding hydrogens is 260 g/mol. The molecule has 0 bridgehead atoms. The van der Waals surface area contributed by atoms with Crippen molar-refractivity contribution in [2.75, 3.05) is 6.61 Å². The Morgan fingerprint density at radius 3 is 2.75 bits per heavy atom. The maximum Gasteiger partial charge on any atom is 0.308 e. The molecule has 2 aromatic rings. The minimum Gasteiger partial charge on any atom is -0.490 e. The van der Waals surface area contributed by atoms with E-state index in [2.05, 4.69) is 15.3 Å². The van der Waals surface area contributed by atoms with Crippen LogP contribution in [-0.4, -0.2) is 33.7 Å². The molecule has 0 aliphatic rings. The summed E-state index contributed by atoms with van der Waals surface area (Å²) in [7, 11) is 0. The van der Waals surface area contributed by atoms with E-state index in [1.165, 1.54) is 24.3 Å². The molecule has 104 valence electrons. The van der Waals surface area contributed by atoms with Gasteiger partial charge in [0.15, 0.2) is 11.5 Å². The van der Waals surface area contributed by atoms with Crippen molar-refractivity contribution in [3.8, 4) is 11.5 Å². The number of carbonyl (C=O) groups excluding carboxylic acids is 1. The third-order valence-corrected chi connectivity index (χ3v) is 2.27. The first-order valence-corrected chi connectivity index (χ1v) is 6.03. The van der Waals surface area contributed by atoms with Crippen molar-refractivity contribution in [1.29, 1.82) is 0 Å². The number of hydrogen-bond donors (Lipinski definition) is 0. The van der Waals surface area contributed by atoms with Gasteiger partial charge in [0, 0.05) is 6.92 Å². The van der Waals surface area contributed by atoms with Crippen LogP contribution in [0.4, 0.5) is 0 Å². The number of benzene rings is 1. The Morgan fingerprint density at radius 1 is 1.35 bits per heavy atom. The number of ether oxygens (including phenoxy) is 2. The molecule has 0 saturated carbocycles. The van der Waals surface area contributed by atoms with Gasteiger partial charge in [-0.05, 0) is 30.7 Å². The molecule has 2 rings (SSSR count). The van der Waals surface area contributed by atoms with Gasteiger partial charge in [-0.1, -0.05) is 0 Å². The van der Waals surface area contributed by atoms with Crippen molar-refractivity contribution in [3.05, 3.63) is 36.4 Å². The van der Waals surface area contributed by atoms with Gasteiger partial charge in [-0.15, -0.1) is 10.2 Å². The third-order valence-electron chi connectivity index (χ3n) is 2.27. The molecule has 0 aliphatic carbocycles. The molecule has 1 aromatic heterocycles. The standard InChI is InChI=1S/C13H14N4O3/c1-3-19-13-6-11(4-5-12(13)20-10(2)18)7-16-17-8-14-15-9-17/h4-9H,3H2,1-2H3. The monoisotopic (exact) mass is 274 g/mol. The van der Waals surface area contributed by atoms with Gasteiger partial charge in [0.2, 0.25) is 0 Å². The van der Waals surface area contributed by atoms with Crippen LogP contribution < -0.4 is 9.47 Å². The summed E-state index contributed by atoms with van der Waals surface area (Å²) in [5.41, 5.74) is 0.804. The molecular formula is C13H14N4O3. The van der Waals surface area contributed by atoms with Crippen molar-refractivity contribution in [2.24, 2.45) is 5.10 Å². The van der Waals surface area contributed by atoms with E-state index in [0.29, 0.717) is 18.1 Å². The maximum absolute atomic E-state index is 11.0. The molecule has 0 amide bonds. The van der Waals surface area contributed by atoms with Crippen molar-refractivity contribution in [1.82, 2.24) is 14.9 Å². The second kappa shape index (κ2) is 6.46. The van der Waals surface area contributed by atoms with E-state index in [0.717, 1.165) is 5.56 Å². The molecule has 0 fully saturated rings. The van der Waals surface area contributed by atoms with E-state index in [1.54, 1.807) is 24.4 Å². The summed E-state index contributed by atoms with van der Waals surface area (Å²) in [5.74, 6) is 0.494. The first-order valence-electron chi connectivity index (χ1n) is 6.03. The molecule has 0 radical (unpaired) electrons. The van der Waals surface area contributed by atoms with E-state index in [9.17, 15) is 4.79 Å². The van der Waals surface area contributed by atoms with Crippen molar-refractivity contribution in [3.63, 3.8) is 0 Å². The van der Waals surface area contributed by atoms with Crippen molar-refractivity contribution in [2.45, 2.75) is 13.8 Å². The van der Waals surface area contributed by atoms with E-state index in [4.69, 9.17) is 9.47 Å². The van der Waals surface area contributed by atoms with Gasteiger partial charge in [0.1, 0.15) is 12.7 Å². The molecule has 7 heteroatoms. The molecule has 0 aliphatic heterocycles. The van der Waals surface area contributed by atoms with Gasteiger partial charge < -0.3 is 9.47 Å². The zero-order valence-electron chi connectivity index (χ0n) is 11.2. The number of nitrogens with zero attached hydrogens (tertiary/aromatic N) is 4. The fourth-order valence-corrected chi connectivity index (χ4v) is 1.50. The largest absolute Gasteiger partial charge is 0.490 e. The van der Waals surface area contributed by atoms with Crippen LogP contribution in [0.25, 0.3) is 0 Å². The Morgan fingerprint density at radius 2 is 2.10 bits per heavy atom. The highest BCUT2D eigenvalue weighted by atomic mass is 16.6. The SMILES string of the molecule is CCOc1cc(C=Nn2cnnc2)ccc1OC(C)=O. The number of esters is 1. The lowest BCUT2D eigenvalue weighted by atomic mass is 10.2. The molecule has 0 atom stereocenters. The topological polar surface area (TPSA) is 78.6 Å². The van der Waals surface area contributed by atoms with Crippen LogP contribution in [0.5, 0.6) is 11.5 Å². The Kier molecular flexibility index (Phi) is 4.43. The lowest BCUT2D eigenvalue weighted by molar-refractivity contribution is -0.132. The molecule has 1 aromatic carbocycles. The Balaban J connectivity index is 2.22. The summed E-state index contributed by atoms with van der Waals surface area (Å²) in [4.78, 5) is 11.0. The van der Waals surface area contributed by atoms with Gasteiger partial charge in [0.05, 0.1) is 12.8 Å². The van der Waals surface area contributed by atoms with Crippen molar-refractivity contribution >= 4 is 12.2 Å². The predicted octanol–water partition coefficient (Wildman–Crippen LogP) is 1.48. The highest BCUT2D eigenvalue weighted by molar-refractivity contribution is 5.81.